The summed E-state index contributed by atoms with van der Waals surface area (Å²) >= 11 is 0. The van der Waals surface area contributed by atoms with E-state index in [-0.39, 0.29) is 18.0 Å². The zero-order valence-corrected chi connectivity index (χ0v) is 22.8. The van der Waals surface area contributed by atoms with E-state index in [1.807, 2.05) is 13.8 Å². The number of carbonyl (C=O) groups is 1. The monoisotopic (exact) mass is 456 g/mol. The molecule has 3 fully saturated rings. The van der Waals surface area contributed by atoms with Crippen LogP contribution in [0.25, 0.3) is 0 Å². The van der Waals surface area contributed by atoms with E-state index in [0.717, 1.165) is 48.3 Å². The van der Waals surface area contributed by atoms with Crippen molar-refractivity contribution in [3.8, 4) is 0 Å². The minimum atomic E-state index is -0.0258. The van der Waals surface area contributed by atoms with Gasteiger partial charge in [0.1, 0.15) is 6.10 Å². The molecule has 8 atom stereocenters. The molecule has 4 rings (SSSR count). The molecular weight excluding hydrogens is 404 g/mol. The van der Waals surface area contributed by atoms with E-state index < -0.39 is 0 Å². The maximum absolute atomic E-state index is 12.2. The molecule has 0 aromatic heterocycles. The fourth-order valence-corrected chi connectivity index (χ4v) is 9.05. The second kappa shape index (κ2) is 9.69. The summed E-state index contributed by atoms with van der Waals surface area (Å²) in [5.41, 5.74) is 2.52. The Hall–Kier alpha value is -0.790. The van der Waals surface area contributed by atoms with E-state index in [9.17, 15) is 4.79 Å². The predicted octanol–water partition coefficient (Wildman–Crippen LogP) is 8.60. The maximum Gasteiger partial charge on any atom is 0.308 e. The Bertz CT molecular complexity index is 735. The van der Waals surface area contributed by atoms with Gasteiger partial charge in [0.2, 0.25) is 0 Å². The molecule has 0 aliphatic heterocycles. The molecule has 2 nitrogen and oxygen atoms in total. The molecule has 0 radical (unpaired) electrons. The van der Waals surface area contributed by atoms with Crippen LogP contribution in [0.5, 0.6) is 0 Å². The summed E-state index contributed by atoms with van der Waals surface area (Å²) in [6.07, 6.45) is 17.2. The highest BCUT2D eigenvalue weighted by molar-refractivity contribution is 5.71. The lowest BCUT2D eigenvalue weighted by Crippen LogP contribution is -2.51. The van der Waals surface area contributed by atoms with E-state index >= 15 is 0 Å². The average molecular weight is 457 g/mol. The van der Waals surface area contributed by atoms with Crippen LogP contribution in [0.1, 0.15) is 119 Å². The van der Waals surface area contributed by atoms with Crippen LogP contribution >= 0.6 is 0 Å². The van der Waals surface area contributed by atoms with E-state index in [1.54, 1.807) is 5.57 Å². The van der Waals surface area contributed by atoms with Gasteiger partial charge in [-0.3, -0.25) is 4.79 Å². The molecule has 0 N–H and O–H groups in total. The molecule has 2 heteroatoms. The normalized spacial score (nSPS) is 41.2. The third kappa shape index (κ3) is 4.71. The topological polar surface area (TPSA) is 26.3 Å². The highest BCUT2D eigenvalue weighted by atomic mass is 16.5. The Labute approximate surface area is 204 Å². The summed E-state index contributed by atoms with van der Waals surface area (Å²) in [5.74, 6) is 5.24. The Balaban J connectivity index is 1.45. The molecule has 33 heavy (non-hydrogen) atoms. The molecule has 188 valence electrons. The molecule has 0 aromatic rings. The molecular formula is C31H52O2. The molecule has 0 bridgehead atoms. The van der Waals surface area contributed by atoms with Crippen LogP contribution in [0.15, 0.2) is 11.6 Å². The molecule has 0 heterocycles. The summed E-state index contributed by atoms with van der Waals surface area (Å²) in [6.45, 7) is 16.5. The summed E-state index contributed by atoms with van der Waals surface area (Å²) in [4.78, 5) is 12.2. The SMILES string of the molecule is CC(C)CCC[C@@H](C)[C@@H]1CC[C@@H]2[C@H]3CC=C4C[C@@H](OC(=O)C(C)C)CC[C@]4(C)[C@@H]3CC[C@@]21C. The van der Waals surface area contributed by atoms with Gasteiger partial charge in [-0.2, -0.15) is 0 Å². The first-order valence-corrected chi connectivity index (χ1v) is 14.5. The lowest BCUT2D eigenvalue weighted by molar-refractivity contribution is -0.155. The second-order valence-electron chi connectivity index (χ2n) is 13.7. The fraction of sp³-hybridized carbons (Fsp3) is 0.903. The summed E-state index contributed by atoms with van der Waals surface area (Å²) in [6, 6.07) is 0. The first-order chi connectivity index (χ1) is 15.6. The molecule has 0 aromatic carbocycles. The number of carbonyl (C=O) groups excluding carboxylic acids is 1. The Morgan fingerprint density at radius 1 is 1.00 bits per heavy atom. The molecule has 0 amide bonds. The van der Waals surface area contributed by atoms with Crippen molar-refractivity contribution in [2.75, 3.05) is 0 Å². The summed E-state index contributed by atoms with van der Waals surface area (Å²) < 4.78 is 5.88. The van der Waals surface area contributed by atoms with Gasteiger partial charge in [-0.15, -0.1) is 0 Å². The van der Waals surface area contributed by atoms with Gasteiger partial charge in [0.15, 0.2) is 0 Å². The molecule has 3 saturated carbocycles. The third-order valence-electron chi connectivity index (χ3n) is 11.0. The van der Waals surface area contributed by atoms with Gasteiger partial charge in [-0.1, -0.05) is 79.4 Å². The van der Waals surface area contributed by atoms with Crippen LogP contribution in [0.4, 0.5) is 0 Å². The fourth-order valence-electron chi connectivity index (χ4n) is 9.05. The van der Waals surface area contributed by atoms with Crippen molar-refractivity contribution in [2.45, 2.75) is 125 Å². The van der Waals surface area contributed by atoms with Crippen LogP contribution in [0.3, 0.4) is 0 Å². The standard InChI is InChI=1S/C31H52O2/c1-20(2)9-8-10-22(5)26-13-14-27-25-12-11-23-19-24(33-29(32)21(3)4)15-17-30(23,6)28(25)16-18-31(26,27)7/h11,20-22,24-28H,8-10,12-19H2,1-7H3/t22-,24+,25-,26+,27-,28-,30+,31-/m1/s1. The lowest BCUT2D eigenvalue weighted by Gasteiger charge is -2.58. The number of fused-ring (bicyclic) bond motifs is 5. The summed E-state index contributed by atoms with van der Waals surface area (Å²) in [7, 11) is 0. The first-order valence-electron chi connectivity index (χ1n) is 14.5. The maximum atomic E-state index is 12.2. The first kappa shape index (κ1) is 25.3. The van der Waals surface area contributed by atoms with Gasteiger partial charge in [0, 0.05) is 6.42 Å². The number of allylic oxidation sites excluding steroid dienone is 1. The van der Waals surface area contributed by atoms with Crippen molar-refractivity contribution in [1.82, 2.24) is 0 Å². The average Bonchev–Trinajstić information content (AvgIpc) is 3.11. The van der Waals surface area contributed by atoms with Crippen LogP contribution in [0.2, 0.25) is 0 Å². The molecule has 4 aliphatic carbocycles. The molecule has 0 unspecified atom stereocenters. The molecule has 0 saturated heterocycles. The molecule has 4 aliphatic rings. The van der Waals surface area contributed by atoms with Gasteiger partial charge in [0.05, 0.1) is 5.92 Å². The Kier molecular flexibility index (Phi) is 7.43. The van der Waals surface area contributed by atoms with Gasteiger partial charge in [0.25, 0.3) is 0 Å². The van der Waals surface area contributed by atoms with Crippen molar-refractivity contribution in [3.05, 3.63) is 11.6 Å². The van der Waals surface area contributed by atoms with Gasteiger partial charge in [-0.05, 0) is 91.3 Å². The van der Waals surface area contributed by atoms with E-state index in [4.69, 9.17) is 4.74 Å². The highest BCUT2D eigenvalue weighted by Gasteiger charge is 2.59. The number of rotatable bonds is 7. The van der Waals surface area contributed by atoms with E-state index in [0.29, 0.717) is 10.8 Å². The van der Waals surface area contributed by atoms with Gasteiger partial charge < -0.3 is 4.74 Å². The van der Waals surface area contributed by atoms with Crippen molar-refractivity contribution in [3.63, 3.8) is 0 Å². The number of esters is 1. The number of hydrogen-bond acceptors (Lipinski definition) is 2. The quantitative estimate of drug-likeness (QED) is 0.283. The minimum absolute atomic E-state index is 0.0224. The minimum Gasteiger partial charge on any atom is -0.462 e. The van der Waals surface area contributed by atoms with E-state index in [1.165, 1.54) is 57.8 Å². The highest BCUT2D eigenvalue weighted by Crippen LogP contribution is 2.67. The smallest absolute Gasteiger partial charge is 0.308 e. The number of hydrogen-bond donors (Lipinski definition) is 0. The third-order valence-corrected chi connectivity index (χ3v) is 11.0. The van der Waals surface area contributed by atoms with Crippen molar-refractivity contribution in [1.29, 1.82) is 0 Å². The Morgan fingerprint density at radius 3 is 2.45 bits per heavy atom. The zero-order valence-electron chi connectivity index (χ0n) is 22.8. The van der Waals surface area contributed by atoms with Crippen LogP contribution in [0, 0.1) is 52.3 Å². The van der Waals surface area contributed by atoms with E-state index in [2.05, 4.69) is 40.7 Å². The zero-order chi connectivity index (χ0) is 24.0. The largest absolute Gasteiger partial charge is 0.462 e. The summed E-state index contributed by atoms with van der Waals surface area (Å²) in [5, 5.41) is 0. The number of ether oxygens (including phenoxy) is 1. The predicted molar refractivity (Wildman–Crippen MR) is 138 cm³/mol. The van der Waals surface area contributed by atoms with Gasteiger partial charge in [-0.25, -0.2) is 0 Å². The van der Waals surface area contributed by atoms with Crippen molar-refractivity contribution in [2.24, 2.45) is 52.3 Å². The van der Waals surface area contributed by atoms with Crippen molar-refractivity contribution >= 4 is 5.97 Å². The lowest BCUT2D eigenvalue weighted by atomic mass is 9.47. The Morgan fingerprint density at radius 2 is 1.76 bits per heavy atom. The van der Waals surface area contributed by atoms with Crippen LogP contribution < -0.4 is 0 Å². The van der Waals surface area contributed by atoms with Crippen LogP contribution in [-0.4, -0.2) is 12.1 Å². The van der Waals surface area contributed by atoms with Crippen LogP contribution in [-0.2, 0) is 9.53 Å². The van der Waals surface area contributed by atoms with Crippen molar-refractivity contribution < 1.29 is 9.53 Å². The van der Waals surface area contributed by atoms with Gasteiger partial charge >= 0.3 is 5.97 Å². The molecule has 0 spiro atoms. The second-order valence-corrected chi connectivity index (χ2v) is 13.7.